The van der Waals surface area contributed by atoms with Crippen LogP contribution in [0.5, 0.6) is 0 Å². The summed E-state index contributed by atoms with van der Waals surface area (Å²) in [5.41, 5.74) is 2.78. The molecule has 2 N–H and O–H groups in total. The lowest BCUT2D eigenvalue weighted by Crippen LogP contribution is -2.51. The number of amides is 3. The summed E-state index contributed by atoms with van der Waals surface area (Å²) < 4.78 is 2.25. The number of para-hydroxylation sites is 1. The molecule has 1 aliphatic heterocycles. The van der Waals surface area contributed by atoms with Gasteiger partial charge < -0.3 is 20.1 Å². The third-order valence-corrected chi connectivity index (χ3v) is 5.67. The summed E-state index contributed by atoms with van der Waals surface area (Å²) in [5, 5.41) is 7.05. The van der Waals surface area contributed by atoms with Crippen molar-refractivity contribution in [3.8, 4) is 0 Å². The zero-order valence-electron chi connectivity index (χ0n) is 18.8. The molecule has 3 aromatic rings. The molecule has 7 heteroatoms. The number of hydrogen-bond donors (Lipinski definition) is 2. The van der Waals surface area contributed by atoms with Crippen LogP contribution in [0.1, 0.15) is 13.8 Å². The lowest BCUT2D eigenvalue weighted by Gasteiger charge is -2.34. The average Bonchev–Trinajstić information content (AvgIpc) is 3.16. The van der Waals surface area contributed by atoms with E-state index in [1.54, 1.807) is 4.90 Å². The number of nitrogens with zero attached hydrogens (tertiary/aromatic N) is 3. The molecule has 1 aliphatic rings. The Kier molecular flexibility index (Phi) is 6.75. The van der Waals surface area contributed by atoms with Crippen LogP contribution in [0.15, 0.2) is 60.8 Å². The highest BCUT2D eigenvalue weighted by molar-refractivity contribution is 5.93. The molecule has 0 unspecified atom stereocenters. The molecule has 4 rings (SSSR count). The van der Waals surface area contributed by atoms with Crippen LogP contribution < -0.4 is 10.6 Å². The fourth-order valence-corrected chi connectivity index (χ4v) is 4.07. The van der Waals surface area contributed by atoms with E-state index < -0.39 is 0 Å². The molecule has 0 radical (unpaired) electrons. The number of carbonyl (C=O) groups is 2. The number of fused-ring (bicyclic) bond motifs is 1. The predicted octanol–water partition coefficient (Wildman–Crippen LogP) is 4.09. The molecule has 0 spiro atoms. The lowest BCUT2D eigenvalue weighted by atomic mass is 10.2. The van der Waals surface area contributed by atoms with Crippen molar-refractivity contribution < 1.29 is 9.59 Å². The third-order valence-electron chi connectivity index (χ3n) is 5.67. The Labute approximate surface area is 189 Å². The second kappa shape index (κ2) is 9.87. The number of carbonyl (C=O) groups excluding carboxylic acids is 2. The van der Waals surface area contributed by atoms with E-state index in [0.29, 0.717) is 38.6 Å². The van der Waals surface area contributed by atoms with Gasteiger partial charge in [-0.2, -0.15) is 0 Å². The summed E-state index contributed by atoms with van der Waals surface area (Å²) in [6, 6.07) is 17.5. The summed E-state index contributed by atoms with van der Waals surface area (Å²) in [4.78, 5) is 28.9. The van der Waals surface area contributed by atoms with Gasteiger partial charge in [-0.25, -0.2) is 4.79 Å². The van der Waals surface area contributed by atoms with E-state index in [2.05, 4.69) is 52.3 Å². The minimum Gasteiger partial charge on any atom is -0.347 e. The molecule has 2 heterocycles. The number of rotatable bonds is 6. The zero-order valence-corrected chi connectivity index (χ0v) is 18.8. The smallest absolute Gasteiger partial charge is 0.321 e. The molecule has 2 aromatic carbocycles. The molecule has 0 saturated carbocycles. The van der Waals surface area contributed by atoms with Crippen LogP contribution in [0, 0.1) is 5.92 Å². The quantitative estimate of drug-likeness (QED) is 0.615. The summed E-state index contributed by atoms with van der Waals surface area (Å²) in [6.07, 6.45) is 2.10. The summed E-state index contributed by atoms with van der Waals surface area (Å²) in [5.74, 6) is 0.542. The van der Waals surface area contributed by atoms with E-state index in [0.717, 1.165) is 23.3 Å². The number of anilines is 2. The molecule has 0 aliphatic carbocycles. The molecule has 0 atom stereocenters. The second-order valence-corrected chi connectivity index (χ2v) is 8.74. The minimum absolute atomic E-state index is 0.0354. The molecule has 7 nitrogen and oxygen atoms in total. The van der Waals surface area contributed by atoms with Gasteiger partial charge in [0.1, 0.15) is 0 Å². The van der Waals surface area contributed by atoms with Crippen molar-refractivity contribution in [1.29, 1.82) is 0 Å². The molecular weight excluding hydrogens is 402 g/mol. The van der Waals surface area contributed by atoms with Gasteiger partial charge in [0.2, 0.25) is 5.91 Å². The fraction of sp³-hybridized carbons (Fsp3) is 0.360. The second-order valence-electron chi connectivity index (χ2n) is 8.74. The molecule has 0 bridgehead atoms. The maximum atomic E-state index is 12.7. The van der Waals surface area contributed by atoms with Gasteiger partial charge in [0.25, 0.3) is 0 Å². The van der Waals surface area contributed by atoms with Crippen LogP contribution in [0.3, 0.4) is 0 Å². The maximum absolute atomic E-state index is 12.7. The molecule has 1 aromatic heterocycles. The van der Waals surface area contributed by atoms with Crippen molar-refractivity contribution in [2.75, 3.05) is 43.4 Å². The Bertz CT molecular complexity index is 1070. The Morgan fingerprint density at radius 3 is 2.38 bits per heavy atom. The van der Waals surface area contributed by atoms with Gasteiger partial charge in [-0.05, 0) is 42.3 Å². The van der Waals surface area contributed by atoms with E-state index in [4.69, 9.17) is 0 Å². The monoisotopic (exact) mass is 433 g/mol. The van der Waals surface area contributed by atoms with Crippen molar-refractivity contribution in [1.82, 2.24) is 14.4 Å². The van der Waals surface area contributed by atoms with E-state index in [1.807, 2.05) is 42.5 Å². The summed E-state index contributed by atoms with van der Waals surface area (Å²) in [6.45, 7) is 8.25. The SMILES string of the molecule is CC(C)Cn1ccc2cc(NC(=O)N3CCN(CC(=O)Nc4ccccc4)CC3)ccc21. The van der Waals surface area contributed by atoms with E-state index in [1.165, 1.54) is 5.52 Å². The van der Waals surface area contributed by atoms with Gasteiger partial charge in [-0.1, -0.05) is 32.0 Å². The number of piperazine rings is 1. The minimum atomic E-state index is -0.0978. The number of nitrogens with one attached hydrogen (secondary N) is 2. The molecule has 1 saturated heterocycles. The normalized spacial score (nSPS) is 14.7. The average molecular weight is 434 g/mol. The lowest BCUT2D eigenvalue weighted by molar-refractivity contribution is -0.117. The number of benzene rings is 2. The van der Waals surface area contributed by atoms with Gasteiger partial charge in [0.15, 0.2) is 0 Å². The van der Waals surface area contributed by atoms with Crippen LogP contribution in [-0.4, -0.2) is 59.0 Å². The van der Waals surface area contributed by atoms with Crippen molar-refractivity contribution in [2.45, 2.75) is 20.4 Å². The van der Waals surface area contributed by atoms with Gasteiger partial charge in [0, 0.05) is 61.2 Å². The Morgan fingerprint density at radius 1 is 0.906 bits per heavy atom. The maximum Gasteiger partial charge on any atom is 0.321 e. The van der Waals surface area contributed by atoms with Crippen molar-refractivity contribution in [3.63, 3.8) is 0 Å². The molecule has 168 valence electrons. The van der Waals surface area contributed by atoms with Crippen LogP contribution in [0.2, 0.25) is 0 Å². The zero-order chi connectivity index (χ0) is 22.5. The van der Waals surface area contributed by atoms with Crippen molar-refractivity contribution in [2.24, 2.45) is 5.92 Å². The van der Waals surface area contributed by atoms with Crippen LogP contribution in [-0.2, 0) is 11.3 Å². The number of hydrogen-bond acceptors (Lipinski definition) is 3. The fourth-order valence-electron chi connectivity index (χ4n) is 4.07. The van der Waals surface area contributed by atoms with E-state index >= 15 is 0 Å². The predicted molar refractivity (Wildman–Crippen MR) is 129 cm³/mol. The Morgan fingerprint density at radius 2 is 1.66 bits per heavy atom. The standard InChI is InChI=1S/C25H31N5O2/c1-19(2)17-30-11-10-20-16-22(8-9-23(20)30)27-25(32)29-14-12-28(13-15-29)18-24(31)26-21-6-4-3-5-7-21/h3-11,16,19H,12-15,17-18H2,1-2H3,(H,26,31)(H,27,32). The highest BCUT2D eigenvalue weighted by atomic mass is 16.2. The van der Waals surface area contributed by atoms with Crippen molar-refractivity contribution in [3.05, 3.63) is 60.8 Å². The molecule has 3 amide bonds. The largest absolute Gasteiger partial charge is 0.347 e. The number of urea groups is 1. The first kappa shape index (κ1) is 21.9. The topological polar surface area (TPSA) is 69.6 Å². The highest BCUT2D eigenvalue weighted by Gasteiger charge is 2.22. The van der Waals surface area contributed by atoms with Gasteiger partial charge >= 0.3 is 6.03 Å². The molecule has 1 fully saturated rings. The third kappa shape index (κ3) is 5.48. The first-order chi connectivity index (χ1) is 15.5. The summed E-state index contributed by atoms with van der Waals surface area (Å²) >= 11 is 0. The van der Waals surface area contributed by atoms with Crippen molar-refractivity contribution >= 4 is 34.2 Å². The Balaban J connectivity index is 1.27. The van der Waals surface area contributed by atoms with Gasteiger partial charge in [-0.3, -0.25) is 9.69 Å². The molecular formula is C25H31N5O2. The van der Waals surface area contributed by atoms with E-state index in [-0.39, 0.29) is 11.9 Å². The van der Waals surface area contributed by atoms with Gasteiger partial charge in [-0.15, -0.1) is 0 Å². The molecule has 32 heavy (non-hydrogen) atoms. The van der Waals surface area contributed by atoms with Crippen LogP contribution in [0.25, 0.3) is 10.9 Å². The highest BCUT2D eigenvalue weighted by Crippen LogP contribution is 2.22. The summed E-state index contributed by atoms with van der Waals surface area (Å²) in [7, 11) is 0. The first-order valence-electron chi connectivity index (χ1n) is 11.2. The van der Waals surface area contributed by atoms with Gasteiger partial charge in [0.05, 0.1) is 6.54 Å². The van der Waals surface area contributed by atoms with Crippen LogP contribution >= 0.6 is 0 Å². The van der Waals surface area contributed by atoms with E-state index in [9.17, 15) is 9.59 Å². The number of aromatic nitrogens is 1. The first-order valence-corrected chi connectivity index (χ1v) is 11.2. The Hall–Kier alpha value is -3.32. The van der Waals surface area contributed by atoms with Crippen LogP contribution in [0.4, 0.5) is 16.2 Å².